The highest BCUT2D eigenvalue weighted by atomic mass is 16.3. The van der Waals surface area contributed by atoms with Crippen LogP contribution in [-0.4, -0.2) is 26.8 Å². The Hall–Kier alpha value is -1.65. The SMILES string of the molecule is CC(C)C(C)(O)CNCc1ccc(-n2ccnc2)cc1. The maximum atomic E-state index is 10.2. The molecule has 0 aliphatic rings. The van der Waals surface area contributed by atoms with Crippen LogP contribution in [0.1, 0.15) is 26.3 Å². The number of nitrogens with one attached hydrogen (secondary N) is 1. The van der Waals surface area contributed by atoms with Crippen molar-refractivity contribution in [2.45, 2.75) is 32.9 Å². The number of hydrogen-bond acceptors (Lipinski definition) is 3. The number of rotatable bonds is 6. The van der Waals surface area contributed by atoms with E-state index in [2.05, 4.69) is 34.6 Å². The zero-order valence-corrected chi connectivity index (χ0v) is 12.4. The predicted molar refractivity (Wildman–Crippen MR) is 80.7 cm³/mol. The van der Waals surface area contributed by atoms with Gasteiger partial charge >= 0.3 is 0 Å². The first-order valence-electron chi connectivity index (χ1n) is 6.99. The van der Waals surface area contributed by atoms with E-state index < -0.39 is 5.60 Å². The lowest BCUT2D eigenvalue weighted by Gasteiger charge is -2.28. The molecule has 2 N–H and O–H groups in total. The fourth-order valence-electron chi connectivity index (χ4n) is 1.86. The third-order valence-corrected chi connectivity index (χ3v) is 3.79. The molecule has 0 saturated carbocycles. The number of aromatic nitrogens is 2. The Morgan fingerprint density at radius 1 is 1.30 bits per heavy atom. The first kappa shape index (κ1) is 14.8. The quantitative estimate of drug-likeness (QED) is 0.849. The Kier molecular flexibility index (Phi) is 4.57. The van der Waals surface area contributed by atoms with Crippen LogP contribution in [-0.2, 0) is 6.54 Å². The summed E-state index contributed by atoms with van der Waals surface area (Å²) in [6.45, 7) is 7.27. The van der Waals surface area contributed by atoms with E-state index >= 15 is 0 Å². The number of aliphatic hydroxyl groups is 1. The van der Waals surface area contributed by atoms with E-state index in [0.29, 0.717) is 6.54 Å². The summed E-state index contributed by atoms with van der Waals surface area (Å²) in [6, 6.07) is 8.32. The number of benzene rings is 1. The summed E-state index contributed by atoms with van der Waals surface area (Å²) in [6.07, 6.45) is 5.48. The molecule has 1 unspecified atom stereocenters. The van der Waals surface area contributed by atoms with Crippen molar-refractivity contribution in [2.75, 3.05) is 6.54 Å². The van der Waals surface area contributed by atoms with E-state index in [1.807, 2.05) is 31.5 Å². The fourth-order valence-corrected chi connectivity index (χ4v) is 1.86. The lowest BCUT2D eigenvalue weighted by Crippen LogP contribution is -2.41. The van der Waals surface area contributed by atoms with Crippen LogP contribution in [0.4, 0.5) is 0 Å². The van der Waals surface area contributed by atoms with Crippen LogP contribution in [0.15, 0.2) is 43.0 Å². The molecule has 1 heterocycles. The van der Waals surface area contributed by atoms with Crippen molar-refractivity contribution in [1.82, 2.24) is 14.9 Å². The average molecular weight is 273 g/mol. The van der Waals surface area contributed by atoms with Crippen LogP contribution in [0.5, 0.6) is 0 Å². The number of hydrogen-bond donors (Lipinski definition) is 2. The first-order valence-corrected chi connectivity index (χ1v) is 6.99. The molecule has 0 aliphatic carbocycles. The zero-order chi connectivity index (χ0) is 14.6. The van der Waals surface area contributed by atoms with E-state index in [1.54, 1.807) is 12.5 Å². The van der Waals surface area contributed by atoms with Crippen LogP contribution >= 0.6 is 0 Å². The summed E-state index contributed by atoms with van der Waals surface area (Å²) in [5.41, 5.74) is 1.63. The van der Waals surface area contributed by atoms with Gasteiger partial charge in [-0.05, 0) is 30.5 Å². The van der Waals surface area contributed by atoms with Gasteiger partial charge in [-0.25, -0.2) is 4.98 Å². The normalized spacial score (nSPS) is 14.4. The molecule has 20 heavy (non-hydrogen) atoms. The Bertz CT molecular complexity index is 515. The summed E-state index contributed by atoms with van der Waals surface area (Å²) < 4.78 is 1.97. The Balaban J connectivity index is 1.89. The standard InChI is InChI=1S/C16H23N3O/c1-13(2)16(3,20)11-18-10-14-4-6-15(7-5-14)19-9-8-17-12-19/h4-9,12-13,18,20H,10-11H2,1-3H3. The molecule has 108 valence electrons. The Labute approximate surface area is 120 Å². The average Bonchev–Trinajstić information content (AvgIpc) is 2.93. The highest BCUT2D eigenvalue weighted by molar-refractivity contribution is 5.34. The van der Waals surface area contributed by atoms with Crippen molar-refractivity contribution in [3.8, 4) is 5.69 Å². The highest BCUT2D eigenvalue weighted by Gasteiger charge is 2.23. The van der Waals surface area contributed by atoms with Gasteiger partial charge in [0.15, 0.2) is 0 Å². The minimum absolute atomic E-state index is 0.235. The molecular formula is C16H23N3O. The molecule has 4 nitrogen and oxygen atoms in total. The summed E-state index contributed by atoms with van der Waals surface area (Å²) >= 11 is 0. The topological polar surface area (TPSA) is 50.1 Å². The molecule has 0 saturated heterocycles. The monoisotopic (exact) mass is 273 g/mol. The van der Waals surface area contributed by atoms with E-state index in [4.69, 9.17) is 0 Å². The highest BCUT2D eigenvalue weighted by Crippen LogP contribution is 2.15. The van der Waals surface area contributed by atoms with Gasteiger partial charge in [0.05, 0.1) is 11.9 Å². The first-order chi connectivity index (χ1) is 9.49. The molecular weight excluding hydrogens is 250 g/mol. The van der Waals surface area contributed by atoms with Crippen molar-refractivity contribution < 1.29 is 5.11 Å². The molecule has 1 aromatic heterocycles. The van der Waals surface area contributed by atoms with Gasteiger partial charge < -0.3 is 15.0 Å². The maximum Gasteiger partial charge on any atom is 0.0991 e. The molecule has 0 bridgehead atoms. The van der Waals surface area contributed by atoms with Gasteiger partial charge in [0.25, 0.3) is 0 Å². The molecule has 0 radical (unpaired) electrons. The van der Waals surface area contributed by atoms with Crippen molar-refractivity contribution >= 4 is 0 Å². The van der Waals surface area contributed by atoms with E-state index in [0.717, 1.165) is 12.2 Å². The van der Waals surface area contributed by atoms with Gasteiger partial charge in [0, 0.05) is 31.2 Å². The van der Waals surface area contributed by atoms with Crippen LogP contribution in [0.2, 0.25) is 0 Å². The minimum Gasteiger partial charge on any atom is -0.389 e. The van der Waals surface area contributed by atoms with Crippen LogP contribution in [0.3, 0.4) is 0 Å². The van der Waals surface area contributed by atoms with Crippen LogP contribution < -0.4 is 5.32 Å². The predicted octanol–water partition coefficient (Wildman–Crippen LogP) is 2.37. The third-order valence-electron chi connectivity index (χ3n) is 3.79. The summed E-state index contributed by atoms with van der Waals surface area (Å²) in [4.78, 5) is 4.04. The molecule has 2 rings (SSSR count). The van der Waals surface area contributed by atoms with Gasteiger partial charge in [-0.3, -0.25) is 0 Å². The van der Waals surface area contributed by atoms with Crippen LogP contribution in [0.25, 0.3) is 5.69 Å². The zero-order valence-electron chi connectivity index (χ0n) is 12.4. The molecule has 0 aliphatic heterocycles. The lowest BCUT2D eigenvalue weighted by molar-refractivity contribution is 0.0140. The smallest absolute Gasteiger partial charge is 0.0991 e. The molecule has 0 fully saturated rings. The second kappa shape index (κ2) is 6.20. The number of nitrogens with zero attached hydrogens (tertiary/aromatic N) is 2. The minimum atomic E-state index is -0.670. The van der Waals surface area contributed by atoms with Crippen molar-refractivity contribution in [3.63, 3.8) is 0 Å². The third kappa shape index (κ3) is 3.68. The lowest BCUT2D eigenvalue weighted by atomic mass is 9.92. The van der Waals surface area contributed by atoms with Gasteiger partial charge in [-0.2, -0.15) is 0 Å². The Morgan fingerprint density at radius 2 is 2.00 bits per heavy atom. The molecule has 1 atom stereocenters. The number of imidazole rings is 1. The van der Waals surface area contributed by atoms with E-state index in [9.17, 15) is 5.11 Å². The van der Waals surface area contributed by atoms with Gasteiger partial charge in [0.2, 0.25) is 0 Å². The van der Waals surface area contributed by atoms with Gasteiger partial charge in [0.1, 0.15) is 0 Å². The fraction of sp³-hybridized carbons (Fsp3) is 0.438. The van der Waals surface area contributed by atoms with E-state index in [1.165, 1.54) is 5.56 Å². The molecule has 0 amide bonds. The Morgan fingerprint density at radius 3 is 2.55 bits per heavy atom. The summed E-state index contributed by atoms with van der Waals surface area (Å²) in [5.74, 6) is 0.235. The van der Waals surface area contributed by atoms with Crippen molar-refractivity contribution in [1.29, 1.82) is 0 Å². The molecule has 4 heteroatoms. The van der Waals surface area contributed by atoms with E-state index in [-0.39, 0.29) is 5.92 Å². The molecule has 2 aromatic rings. The largest absolute Gasteiger partial charge is 0.389 e. The van der Waals surface area contributed by atoms with Crippen molar-refractivity contribution in [3.05, 3.63) is 48.5 Å². The maximum absolute atomic E-state index is 10.2. The second-order valence-electron chi connectivity index (χ2n) is 5.75. The summed E-state index contributed by atoms with van der Waals surface area (Å²) in [7, 11) is 0. The molecule has 0 spiro atoms. The summed E-state index contributed by atoms with van der Waals surface area (Å²) in [5, 5.41) is 13.5. The van der Waals surface area contributed by atoms with Gasteiger partial charge in [-0.1, -0.05) is 26.0 Å². The second-order valence-corrected chi connectivity index (χ2v) is 5.75. The molecule has 1 aromatic carbocycles. The van der Waals surface area contributed by atoms with Crippen molar-refractivity contribution in [2.24, 2.45) is 5.92 Å². The van der Waals surface area contributed by atoms with Crippen LogP contribution in [0, 0.1) is 5.92 Å². The van der Waals surface area contributed by atoms with Gasteiger partial charge in [-0.15, -0.1) is 0 Å².